The Balaban J connectivity index is 2.09. The summed E-state index contributed by atoms with van der Waals surface area (Å²) in [7, 11) is 0. The lowest BCUT2D eigenvalue weighted by atomic mass is 10.1. The maximum Gasteiger partial charge on any atom is 0.184 e. The Morgan fingerprint density at radius 3 is 2.43 bits per heavy atom. The Labute approximate surface area is 146 Å². The predicted octanol–water partition coefficient (Wildman–Crippen LogP) is 3.70. The van der Waals surface area contributed by atoms with Gasteiger partial charge in [0, 0.05) is 5.02 Å². The van der Waals surface area contributed by atoms with E-state index in [1.807, 2.05) is 50.2 Å². The van der Waals surface area contributed by atoms with Crippen LogP contribution >= 0.6 is 23.8 Å². The number of ether oxygens (including phenoxy) is 1. The zero-order valence-electron chi connectivity index (χ0n) is 13.0. The quantitative estimate of drug-likeness (QED) is 0.492. The maximum absolute atomic E-state index is 5.95. The largest absolute Gasteiger partial charge is 0.488 e. The minimum absolute atomic E-state index is 0.137. The summed E-state index contributed by atoms with van der Waals surface area (Å²) in [5, 5.41) is 4.81. The Kier molecular flexibility index (Phi) is 5.96. The number of halogens is 1. The van der Waals surface area contributed by atoms with E-state index in [4.69, 9.17) is 34.3 Å². The fraction of sp³-hybridized carbons (Fsp3) is 0.176. The lowest BCUT2D eigenvalue weighted by Gasteiger charge is -2.13. The zero-order chi connectivity index (χ0) is 16.8. The number of rotatable bonds is 5. The molecule has 0 aliphatic rings. The average Bonchev–Trinajstić information content (AvgIpc) is 2.48. The third kappa shape index (κ3) is 5.23. The highest BCUT2D eigenvalue weighted by molar-refractivity contribution is 7.80. The van der Waals surface area contributed by atoms with Gasteiger partial charge in [0.25, 0.3) is 0 Å². The second kappa shape index (κ2) is 7.94. The van der Waals surface area contributed by atoms with Crippen LogP contribution in [-0.4, -0.2) is 11.3 Å². The second-order valence-electron chi connectivity index (χ2n) is 5.13. The van der Waals surface area contributed by atoms with Gasteiger partial charge in [0.15, 0.2) is 5.11 Å². The Morgan fingerprint density at radius 2 is 1.87 bits per heavy atom. The van der Waals surface area contributed by atoms with Crippen LogP contribution in [0.2, 0.25) is 5.02 Å². The van der Waals surface area contributed by atoms with E-state index in [0.29, 0.717) is 6.61 Å². The van der Waals surface area contributed by atoms with Gasteiger partial charge in [-0.15, -0.1) is 0 Å². The third-order valence-electron chi connectivity index (χ3n) is 3.17. The molecule has 6 heteroatoms. The van der Waals surface area contributed by atoms with Gasteiger partial charge in [0.1, 0.15) is 12.4 Å². The molecule has 0 unspecified atom stereocenters. The molecule has 0 fully saturated rings. The highest BCUT2D eigenvalue weighted by Crippen LogP contribution is 2.25. The molecule has 2 aromatic rings. The molecule has 0 heterocycles. The van der Waals surface area contributed by atoms with Crippen molar-refractivity contribution in [2.45, 2.75) is 20.5 Å². The van der Waals surface area contributed by atoms with Crippen molar-refractivity contribution >= 4 is 35.1 Å². The van der Waals surface area contributed by atoms with Gasteiger partial charge in [-0.2, -0.15) is 5.10 Å². The lowest BCUT2D eigenvalue weighted by molar-refractivity contribution is 0.302. The summed E-state index contributed by atoms with van der Waals surface area (Å²) in [6.07, 6.45) is 1.67. The molecule has 3 N–H and O–H groups in total. The topological polar surface area (TPSA) is 59.6 Å². The van der Waals surface area contributed by atoms with Crippen LogP contribution in [0.25, 0.3) is 0 Å². The SMILES string of the molecule is Cc1cc(/C=N\NC(N)=S)cc(C)c1OCc1ccc(Cl)cc1. The fourth-order valence-electron chi connectivity index (χ4n) is 2.19. The minimum Gasteiger partial charge on any atom is -0.488 e. The summed E-state index contributed by atoms with van der Waals surface area (Å²) >= 11 is 10.6. The Morgan fingerprint density at radius 1 is 1.26 bits per heavy atom. The Bertz CT molecular complexity index is 706. The van der Waals surface area contributed by atoms with E-state index in [9.17, 15) is 0 Å². The number of aryl methyl sites for hydroxylation is 2. The van der Waals surface area contributed by atoms with Crippen molar-refractivity contribution < 1.29 is 4.74 Å². The van der Waals surface area contributed by atoms with Crippen molar-refractivity contribution in [1.29, 1.82) is 0 Å². The van der Waals surface area contributed by atoms with Gasteiger partial charge >= 0.3 is 0 Å². The van der Waals surface area contributed by atoms with Crippen LogP contribution in [0.15, 0.2) is 41.5 Å². The minimum atomic E-state index is 0.137. The van der Waals surface area contributed by atoms with E-state index in [2.05, 4.69) is 10.5 Å². The molecular weight excluding hydrogens is 330 g/mol. The maximum atomic E-state index is 5.95. The normalized spacial score (nSPS) is 10.7. The molecule has 0 atom stereocenters. The average molecular weight is 348 g/mol. The van der Waals surface area contributed by atoms with Gasteiger partial charge < -0.3 is 10.5 Å². The molecule has 4 nitrogen and oxygen atoms in total. The van der Waals surface area contributed by atoms with Crippen molar-refractivity contribution in [3.8, 4) is 5.75 Å². The van der Waals surface area contributed by atoms with E-state index < -0.39 is 0 Å². The number of nitrogens with two attached hydrogens (primary N) is 1. The molecule has 0 aromatic heterocycles. The van der Waals surface area contributed by atoms with E-state index in [1.165, 1.54) is 0 Å². The predicted molar refractivity (Wildman–Crippen MR) is 99.2 cm³/mol. The van der Waals surface area contributed by atoms with Gasteiger partial charge in [0.05, 0.1) is 6.21 Å². The molecule has 0 bridgehead atoms. The van der Waals surface area contributed by atoms with E-state index >= 15 is 0 Å². The number of hydrazone groups is 1. The van der Waals surface area contributed by atoms with Gasteiger partial charge in [-0.25, -0.2) is 0 Å². The van der Waals surface area contributed by atoms with Crippen molar-refractivity contribution in [3.05, 3.63) is 63.7 Å². The molecule has 0 aliphatic carbocycles. The van der Waals surface area contributed by atoms with Gasteiger partial charge in [-0.05, 0) is 72.6 Å². The summed E-state index contributed by atoms with van der Waals surface area (Å²) in [6, 6.07) is 11.6. The van der Waals surface area contributed by atoms with Gasteiger partial charge in [-0.3, -0.25) is 5.43 Å². The van der Waals surface area contributed by atoms with Crippen molar-refractivity contribution in [1.82, 2.24) is 5.43 Å². The van der Waals surface area contributed by atoms with Gasteiger partial charge in [-0.1, -0.05) is 23.7 Å². The first-order chi connectivity index (χ1) is 11.0. The van der Waals surface area contributed by atoms with Crippen LogP contribution in [0.1, 0.15) is 22.3 Å². The monoisotopic (exact) mass is 347 g/mol. The molecule has 2 rings (SSSR count). The number of thiocarbonyl (C=S) groups is 1. The van der Waals surface area contributed by atoms with E-state index in [1.54, 1.807) is 6.21 Å². The number of hydrogen-bond donors (Lipinski definition) is 2. The van der Waals surface area contributed by atoms with Crippen LogP contribution in [0.4, 0.5) is 0 Å². The summed E-state index contributed by atoms with van der Waals surface area (Å²) in [6.45, 7) is 4.50. The van der Waals surface area contributed by atoms with Crippen molar-refractivity contribution in [2.75, 3.05) is 0 Å². The Hall–Kier alpha value is -2.11. The number of nitrogens with zero attached hydrogens (tertiary/aromatic N) is 1. The fourth-order valence-corrected chi connectivity index (χ4v) is 2.37. The van der Waals surface area contributed by atoms with Crippen LogP contribution in [0.3, 0.4) is 0 Å². The van der Waals surface area contributed by atoms with Crippen LogP contribution in [0, 0.1) is 13.8 Å². The first kappa shape index (κ1) is 17.2. The lowest BCUT2D eigenvalue weighted by Crippen LogP contribution is -2.24. The van der Waals surface area contributed by atoms with E-state index in [0.717, 1.165) is 33.0 Å². The van der Waals surface area contributed by atoms with Crippen LogP contribution in [0.5, 0.6) is 5.75 Å². The molecule has 0 amide bonds. The van der Waals surface area contributed by atoms with Crippen LogP contribution in [-0.2, 0) is 6.61 Å². The third-order valence-corrected chi connectivity index (χ3v) is 3.51. The summed E-state index contributed by atoms with van der Waals surface area (Å²) in [4.78, 5) is 0. The van der Waals surface area contributed by atoms with Gasteiger partial charge in [0.2, 0.25) is 0 Å². The molecule has 120 valence electrons. The van der Waals surface area contributed by atoms with Crippen LogP contribution < -0.4 is 15.9 Å². The molecule has 23 heavy (non-hydrogen) atoms. The molecule has 2 aromatic carbocycles. The number of hydrogen-bond acceptors (Lipinski definition) is 3. The smallest absolute Gasteiger partial charge is 0.184 e. The molecule has 0 radical (unpaired) electrons. The molecule has 0 aliphatic heterocycles. The number of benzene rings is 2. The molecule has 0 spiro atoms. The van der Waals surface area contributed by atoms with E-state index in [-0.39, 0.29) is 5.11 Å². The first-order valence-electron chi connectivity index (χ1n) is 7.02. The highest BCUT2D eigenvalue weighted by atomic mass is 35.5. The second-order valence-corrected chi connectivity index (χ2v) is 6.01. The first-order valence-corrected chi connectivity index (χ1v) is 7.81. The standard InChI is InChI=1S/C17H18ClN3OS/c1-11-7-14(9-20-21-17(19)23)8-12(2)16(11)22-10-13-3-5-15(18)6-4-13/h3-9H,10H2,1-2H3,(H3,19,21,23)/b20-9-. The zero-order valence-corrected chi connectivity index (χ0v) is 14.5. The highest BCUT2D eigenvalue weighted by Gasteiger charge is 2.06. The summed E-state index contributed by atoms with van der Waals surface area (Å²) < 4.78 is 5.95. The molecular formula is C17H18ClN3OS. The number of nitrogens with one attached hydrogen (secondary N) is 1. The van der Waals surface area contributed by atoms with Crippen molar-refractivity contribution in [3.63, 3.8) is 0 Å². The van der Waals surface area contributed by atoms with Crippen molar-refractivity contribution in [2.24, 2.45) is 10.8 Å². The molecule has 0 saturated carbocycles. The molecule has 0 saturated heterocycles. The summed E-state index contributed by atoms with van der Waals surface area (Å²) in [5.41, 5.74) is 11.9. The summed E-state index contributed by atoms with van der Waals surface area (Å²) in [5.74, 6) is 0.874.